The number of aryl methyl sites for hydroxylation is 1. The van der Waals surface area contributed by atoms with Crippen LogP contribution < -0.4 is 0 Å². The molecule has 0 saturated carbocycles. The fourth-order valence-electron chi connectivity index (χ4n) is 3.78. The summed E-state index contributed by atoms with van der Waals surface area (Å²) in [6.45, 7) is 6.44. The topological polar surface area (TPSA) is 46.8 Å². The van der Waals surface area contributed by atoms with Crippen molar-refractivity contribution in [3.63, 3.8) is 0 Å². The zero-order valence-electron chi connectivity index (χ0n) is 14.3. The summed E-state index contributed by atoms with van der Waals surface area (Å²) in [5, 5.41) is 4.32. The zero-order chi connectivity index (χ0) is 16.7. The molecular formula is C19H23N3O2. The predicted octanol–water partition coefficient (Wildman–Crippen LogP) is 2.98. The van der Waals surface area contributed by atoms with Crippen LogP contribution >= 0.6 is 0 Å². The maximum Gasteiger partial charge on any atom is 0.257 e. The summed E-state index contributed by atoms with van der Waals surface area (Å²) in [5.41, 5.74) is 3.93. The summed E-state index contributed by atoms with van der Waals surface area (Å²) in [6.07, 6.45) is 8.66. The van der Waals surface area contributed by atoms with Gasteiger partial charge in [0.1, 0.15) is 0 Å². The van der Waals surface area contributed by atoms with Gasteiger partial charge in [0.25, 0.3) is 5.91 Å². The molecule has 0 radical (unpaired) electrons. The number of aromatic nitrogens is 2. The van der Waals surface area contributed by atoms with E-state index in [1.807, 2.05) is 30.2 Å². The molecule has 2 aliphatic heterocycles. The number of piperidine rings is 1. The molecule has 0 aliphatic carbocycles. The van der Waals surface area contributed by atoms with Crippen LogP contribution in [0.3, 0.4) is 0 Å². The first-order valence-corrected chi connectivity index (χ1v) is 8.62. The van der Waals surface area contributed by atoms with Gasteiger partial charge in [-0.3, -0.25) is 4.79 Å². The molecule has 4 rings (SSSR count). The van der Waals surface area contributed by atoms with Crippen LogP contribution in [0.25, 0.3) is 5.52 Å². The van der Waals surface area contributed by atoms with Crippen LogP contribution in [0.4, 0.5) is 0 Å². The molecule has 2 aliphatic rings. The Kier molecular flexibility index (Phi) is 3.68. The van der Waals surface area contributed by atoms with E-state index in [2.05, 4.69) is 18.1 Å². The van der Waals surface area contributed by atoms with Crippen LogP contribution in [0.5, 0.6) is 0 Å². The van der Waals surface area contributed by atoms with Gasteiger partial charge in [-0.2, -0.15) is 5.10 Å². The molecule has 1 amide bonds. The normalized spacial score (nSPS) is 20.4. The molecule has 1 fully saturated rings. The summed E-state index contributed by atoms with van der Waals surface area (Å²) in [4.78, 5) is 14.8. The van der Waals surface area contributed by atoms with Gasteiger partial charge < -0.3 is 9.64 Å². The van der Waals surface area contributed by atoms with E-state index in [1.54, 1.807) is 10.7 Å². The lowest BCUT2D eigenvalue weighted by atomic mass is 9.87. The van der Waals surface area contributed by atoms with Gasteiger partial charge in [0, 0.05) is 19.3 Å². The fraction of sp³-hybridized carbons (Fsp3) is 0.474. The maximum absolute atomic E-state index is 12.9. The Balaban J connectivity index is 1.53. The van der Waals surface area contributed by atoms with Gasteiger partial charge in [0.05, 0.1) is 29.5 Å². The van der Waals surface area contributed by atoms with Crippen LogP contribution in [0.2, 0.25) is 0 Å². The van der Waals surface area contributed by atoms with Crippen LogP contribution in [-0.4, -0.2) is 45.7 Å². The summed E-state index contributed by atoms with van der Waals surface area (Å²) in [7, 11) is 0. The number of hydrogen-bond donors (Lipinski definition) is 0. The molecular weight excluding hydrogens is 302 g/mol. The Morgan fingerprint density at radius 3 is 2.79 bits per heavy atom. The standard InChI is InChI=1S/C19H23N3O2/c1-14-5-10-24-19(11-14)6-8-21(9-7-19)18(23)16-12-20-22-13-15(2)3-4-17(16)22/h3-4,11-13H,5-10H2,1-2H3. The molecule has 5 heteroatoms. The minimum atomic E-state index is -0.155. The number of pyridine rings is 1. The van der Waals surface area contributed by atoms with Crippen molar-refractivity contribution in [3.05, 3.63) is 47.3 Å². The average molecular weight is 325 g/mol. The van der Waals surface area contributed by atoms with Crippen molar-refractivity contribution in [1.82, 2.24) is 14.5 Å². The molecule has 0 atom stereocenters. The van der Waals surface area contributed by atoms with Gasteiger partial charge in [0.15, 0.2) is 0 Å². The highest BCUT2D eigenvalue weighted by Crippen LogP contribution is 2.33. The van der Waals surface area contributed by atoms with Gasteiger partial charge >= 0.3 is 0 Å². The monoisotopic (exact) mass is 325 g/mol. The minimum Gasteiger partial charge on any atom is -0.370 e. The first-order chi connectivity index (χ1) is 11.6. The van der Waals surface area contributed by atoms with Crippen LogP contribution in [0.15, 0.2) is 36.2 Å². The maximum atomic E-state index is 12.9. The summed E-state index contributed by atoms with van der Waals surface area (Å²) < 4.78 is 7.83. The van der Waals surface area contributed by atoms with Crippen molar-refractivity contribution in [1.29, 1.82) is 0 Å². The lowest BCUT2D eigenvalue weighted by Crippen LogP contribution is -2.48. The first kappa shape index (κ1) is 15.4. The number of likely N-dealkylation sites (tertiary alicyclic amines) is 1. The number of amides is 1. The highest BCUT2D eigenvalue weighted by molar-refractivity contribution is 6.00. The van der Waals surface area contributed by atoms with E-state index >= 15 is 0 Å². The highest BCUT2D eigenvalue weighted by Gasteiger charge is 2.37. The third kappa shape index (κ3) is 2.63. The van der Waals surface area contributed by atoms with Crippen molar-refractivity contribution in [3.8, 4) is 0 Å². The molecule has 2 aromatic rings. The number of nitrogens with zero attached hydrogens (tertiary/aromatic N) is 3. The Hall–Kier alpha value is -2.14. The molecule has 126 valence electrons. The van der Waals surface area contributed by atoms with Crippen LogP contribution in [0.1, 0.15) is 42.1 Å². The van der Waals surface area contributed by atoms with E-state index in [0.717, 1.165) is 50.0 Å². The Bertz CT molecular complexity index is 813. The van der Waals surface area contributed by atoms with E-state index in [9.17, 15) is 4.79 Å². The van der Waals surface area contributed by atoms with Crippen molar-refractivity contribution >= 4 is 11.4 Å². The fourth-order valence-corrected chi connectivity index (χ4v) is 3.78. The van der Waals surface area contributed by atoms with Gasteiger partial charge in [-0.25, -0.2) is 4.52 Å². The van der Waals surface area contributed by atoms with Crippen molar-refractivity contribution in [2.75, 3.05) is 19.7 Å². The zero-order valence-corrected chi connectivity index (χ0v) is 14.3. The molecule has 4 heterocycles. The largest absolute Gasteiger partial charge is 0.370 e. The molecule has 5 nitrogen and oxygen atoms in total. The number of carbonyl (C=O) groups is 1. The number of ether oxygens (including phenoxy) is 1. The molecule has 0 bridgehead atoms. The highest BCUT2D eigenvalue weighted by atomic mass is 16.5. The Morgan fingerprint density at radius 2 is 2.04 bits per heavy atom. The van der Waals surface area contributed by atoms with E-state index in [0.29, 0.717) is 5.56 Å². The lowest BCUT2D eigenvalue weighted by Gasteiger charge is -2.42. The number of carbonyl (C=O) groups excluding carboxylic acids is 1. The van der Waals surface area contributed by atoms with Crippen molar-refractivity contribution < 1.29 is 9.53 Å². The Labute approximate surface area is 141 Å². The third-order valence-electron chi connectivity index (χ3n) is 5.19. The third-order valence-corrected chi connectivity index (χ3v) is 5.19. The van der Waals surface area contributed by atoms with Crippen LogP contribution in [0, 0.1) is 6.92 Å². The second kappa shape index (κ2) is 5.74. The number of rotatable bonds is 1. The molecule has 0 aromatic carbocycles. The molecule has 2 aromatic heterocycles. The molecule has 0 unspecified atom stereocenters. The molecule has 1 spiro atoms. The van der Waals surface area contributed by atoms with Gasteiger partial charge in [-0.05, 0) is 44.7 Å². The Morgan fingerprint density at radius 1 is 1.25 bits per heavy atom. The minimum absolute atomic E-state index is 0.0696. The van der Waals surface area contributed by atoms with Gasteiger partial charge in [-0.1, -0.05) is 17.7 Å². The number of hydrogen-bond acceptors (Lipinski definition) is 3. The molecule has 1 saturated heterocycles. The summed E-state index contributed by atoms with van der Waals surface area (Å²) >= 11 is 0. The SMILES string of the molecule is CC1=CC2(CCN(C(=O)c3cnn4cc(C)ccc34)CC2)OCC1. The summed E-state index contributed by atoms with van der Waals surface area (Å²) in [5.74, 6) is 0.0696. The second-order valence-corrected chi connectivity index (χ2v) is 7.04. The second-order valence-electron chi connectivity index (χ2n) is 7.04. The van der Waals surface area contributed by atoms with Gasteiger partial charge in [-0.15, -0.1) is 0 Å². The van der Waals surface area contributed by atoms with E-state index in [-0.39, 0.29) is 11.5 Å². The van der Waals surface area contributed by atoms with E-state index in [1.165, 1.54) is 5.57 Å². The number of fused-ring (bicyclic) bond motifs is 1. The first-order valence-electron chi connectivity index (χ1n) is 8.62. The van der Waals surface area contributed by atoms with E-state index < -0.39 is 0 Å². The average Bonchev–Trinajstić information content (AvgIpc) is 2.97. The van der Waals surface area contributed by atoms with Crippen molar-refractivity contribution in [2.24, 2.45) is 0 Å². The lowest BCUT2D eigenvalue weighted by molar-refractivity contribution is -0.0521. The summed E-state index contributed by atoms with van der Waals surface area (Å²) in [6, 6.07) is 3.99. The quantitative estimate of drug-likeness (QED) is 0.757. The smallest absolute Gasteiger partial charge is 0.257 e. The van der Waals surface area contributed by atoms with Crippen molar-refractivity contribution in [2.45, 2.75) is 38.7 Å². The van der Waals surface area contributed by atoms with Crippen LogP contribution in [-0.2, 0) is 4.74 Å². The molecule has 24 heavy (non-hydrogen) atoms. The van der Waals surface area contributed by atoms with E-state index in [4.69, 9.17) is 4.74 Å². The predicted molar refractivity (Wildman–Crippen MR) is 92.1 cm³/mol. The van der Waals surface area contributed by atoms with Gasteiger partial charge in [0.2, 0.25) is 0 Å². The molecule has 0 N–H and O–H groups in total.